The molecule has 0 saturated carbocycles. The standard InChI is InChI=1S/C13H18ClN3OS/c1-4-15-12(18)9(3)16-13(19)17-11-7-5-6-10(14)8(11)2/h5-7,9H,4H2,1-3H3,(H,15,18)(H2,16,17,19)/t9-/m0/s1. The Morgan fingerprint density at radius 1 is 1.47 bits per heavy atom. The number of nitrogens with one attached hydrogen (secondary N) is 3. The minimum Gasteiger partial charge on any atom is -0.355 e. The predicted molar refractivity (Wildman–Crippen MR) is 83.7 cm³/mol. The van der Waals surface area contributed by atoms with Crippen LogP contribution in [0.25, 0.3) is 0 Å². The number of amides is 1. The maximum atomic E-state index is 11.6. The van der Waals surface area contributed by atoms with Crippen LogP contribution in [0.3, 0.4) is 0 Å². The molecule has 1 aromatic carbocycles. The number of hydrogen-bond acceptors (Lipinski definition) is 2. The average molecular weight is 300 g/mol. The number of hydrogen-bond donors (Lipinski definition) is 3. The highest BCUT2D eigenvalue weighted by atomic mass is 35.5. The fraction of sp³-hybridized carbons (Fsp3) is 0.385. The zero-order valence-electron chi connectivity index (χ0n) is 11.2. The van der Waals surface area contributed by atoms with E-state index < -0.39 is 0 Å². The van der Waals surface area contributed by atoms with Crippen LogP contribution in [0.4, 0.5) is 5.69 Å². The van der Waals surface area contributed by atoms with Crippen molar-refractivity contribution in [3.05, 3.63) is 28.8 Å². The van der Waals surface area contributed by atoms with Crippen molar-refractivity contribution in [2.75, 3.05) is 11.9 Å². The van der Waals surface area contributed by atoms with Gasteiger partial charge in [0.15, 0.2) is 5.11 Å². The molecule has 0 aliphatic rings. The Labute approximate surface area is 123 Å². The minimum absolute atomic E-state index is 0.0885. The topological polar surface area (TPSA) is 53.2 Å². The third-order valence-corrected chi connectivity index (χ3v) is 3.24. The highest BCUT2D eigenvalue weighted by molar-refractivity contribution is 7.80. The fourth-order valence-electron chi connectivity index (χ4n) is 1.49. The Morgan fingerprint density at radius 3 is 2.79 bits per heavy atom. The molecule has 1 atom stereocenters. The molecule has 104 valence electrons. The summed E-state index contributed by atoms with van der Waals surface area (Å²) >= 11 is 11.2. The Bertz CT molecular complexity index is 479. The summed E-state index contributed by atoms with van der Waals surface area (Å²) in [4.78, 5) is 11.6. The maximum absolute atomic E-state index is 11.6. The molecule has 0 aromatic heterocycles. The van der Waals surface area contributed by atoms with E-state index in [-0.39, 0.29) is 11.9 Å². The van der Waals surface area contributed by atoms with E-state index in [0.717, 1.165) is 11.3 Å². The van der Waals surface area contributed by atoms with Crippen LogP contribution in [0, 0.1) is 6.92 Å². The van der Waals surface area contributed by atoms with Crippen LogP contribution in [0.15, 0.2) is 18.2 Å². The lowest BCUT2D eigenvalue weighted by Gasteiger charge is -2.17. The molecular formula is C13H18ClN3OS. The summed E-state index contributed by atoms with van der Waals surface area (Å²) in [6.45, 7) is 6.12. The second-order valence-corrected chi connectivity index (χ2v) is 4.94. The molecule has 0 aliphatic carbocycles. The average Bonchev–Trinajstić information content (AvgIpc) is 2.35. The van der Waals surface area contributed by atoms with Gasteiger partial charge in [-0.2, -0.15) is 0 Å². The Balaban J connectivity index is 2.60. The molecule has 0 saturated heterocycles. The number of carbonyl (C=O) groups is 1. The van der Waals surface area contributed by atoms with Crippen LogP contribution < -0.4 is 16.0 Å². The number of thiocarbonyl (C=S) groups is 1. The molecule has 0 radical (unpaired) electrons. The first kappa shape index (κ1) is 15.7. The van der Waals surface area contributed by atoms with Gasteiger partial charge in [0, 0.05) is 17.3 Å². The van der Waals surface area contributed by atoms with E-state index in [1.807, 2.05) is 32.0 Å². The maximum Gasteiger partial charge on any atom is 0.242 e. The molecule has 0 spiro atoms. The van der Waals surface area contributed by atoms with Gasteiger partial charge in [0.25, 0.3) is 0 Å². The number of rotatable bonds is 4. The summed E-state index contributed by atoms with van der Waals surface area (Å²) in [5, 5.41) is 9.75. The quantitative estimate of drug-likeness (QED) is 0.748. The monoisotopic (exact) mass is 299 g/mol. The van der Waals surface area contributed by atoms with Crippen molar-refractivity contribution in [1.29, 1.82) is 0 Å². The first-order valence-electron chi connectivity index (χ1n) is 6.06. The molecule has 1 aromatic rings. The van der Waals surface area contributed by atoms with Crippen LogP contribution in [0.2, 0.25) is 5.02 Å². The lowest BCUT2D eigenvalue weighted by molar-refractivity contribution is -0.122. The zero-order valence-corrected chi connectivity index (χ0v) is 12.8. The number of likely N-dealkylation sites (N-methyl/N-ethyl adjacent to an activating group) is 1. The van der Waals surface area contributed by atoms with E-state index in [2.05, 4.69) is 16.0 Å². The van der Waals surface area contributed by atoms with E-state index in [4.69, 9.17) is 23.8 Å². The fourth-order valence-corrected chi connectivity index (χ4v) is 1.95. The lowest BCUT2D eigenvalue weighted by atomic mass is 10.2. The van der Waals surface area contributed by atoms with Gasteiger partial charge in [0.05, 0.1) is 0 Å². The van der Waals surface area contributed by atoms with E-state index in [1.165, 1.54) is 0 Å². The van der Waals surface area contributed by atoms with Gasteiger partial charge in [-0.1, -0.05) is 17.7 Å². The van der Waals surface area contributed by atoms with Crippen LogP contribution in [0.5, 0.6) is 0 Å². The third-order valence-electron chi connectivity index (χ3n) is 2.61. The number of benzene rings is 1. The number of halogens is 1. The molecule has 0 aliphatic heterocycles. The van der Waals surface area contributed by atoms with E-state index >= 15 is 0 Å². The smallest absolute Gasteiger partial charge is 0.242 e. The van der Waals surface area contributed by atoms with Crippen LogP contribution >= 0.6 is 23.8 Å². The Hall–Kier alpha value is -1.33. The first-order valence-corrected chi connectivity index (χ1v) is 6.84. The molecule has 1 amide bonds. The normalized spacial score (nSPS) is 11.6. The highest BCUT2D eigenvalue weighted by Gasteiger charge is 2.13. The minimum atomic E-state index is -0.389. The molecular weight excluding hydrogens is 282 g/mol. The summed E-state index contributed by atoms with van der Waals surface area (Å²) in [7, 11) is 0. The van der Waals surface area contributed by atoms with Crippen molar-refractivity contribution < 1.29 is 4.79 Å². The summed E-state index contributed by atoms with van der Waals surface area (Å²) < 4.78 is 0. The summed E-state index contributed by atoms with van der Waals surface area (Å²) in [6.07, 6.45) is 0. The molecule has 6 heteroatoms. The molecule has 0 unspecified atom stereocenters. The SMILES string of the molecule is CCNC(=O)[C@H](C)NC(=S)Nc1cccc(Cl)c1C. The second-order valence-electron chi connectivity index (χ2n) is 4.13. The molecule has 19 heavy (non-hydrogen) atoms. The van der Waals surface area contributed by atoms with Crippen molar-refractivity contribution in [3.63, 3.8) is 0 Å². The molecule has 0 heterocycles. The van der Waals surface area contributed by atoms with Crippen molar-refractivity contribution in [2.45, 2.75) is 26.8 Å². The predicted octanol–water partition coefficient (Wildman–Crippen LogP) is 2.46. The van der Waals surface area contributed by atoms with Gasteiger partial charge in [-0.05, 0) is 50.7 Å². The van der Waals surface area contributed by atoms with E-state index in [1.54, 1.807) is 6.92 Å². The Morgan fingerprint density at radius 2 is 2.16 bits per heavy atom. The second kappa shape index (κ2) is 7.31. The van der Waals surface area contributed by atoms with Crippen molar-refractivity contribution in [3.8, 4) is 0 Å². The van der Waals surface area contributed by atoms with E-state index in [0.29, 0.717) is 16.7 Å². The number of carbonyl (C=O) groups excluding carboxylic acids is 1. The van der Waals surface area contributed by atoms with Crippen LogP contribution in [-0.2, 0) is 4.79 Å². The molecule has 0 bridgehead atoms. The van der Waals surface area contributed by atoms with Crippen LogP contribution in [0.1, 0.15) is 19.4 Å². The van der Waals surface area contributed by atoms with Gasteiger partial charge >= 0.3 is 0 Å². The third kappa shape index (κ3) is 4.69. The summed E-state index contributed by atoms with van der Waals surface area (Å²) in [5.41, 5.74) is 1.74. The summed E-state index contributed by atoms with van der Waals surface area (Å²) in [5.74, 6) is -0.0885. The number of anilines is 1. The molecule has 1 rings (SSSR count). The van der Waals surface area contributed by atoms with Gasteiger partial charge in [-0.3, -0.25) is 4.79 Å². The lowest BCUT2D eigenvalue weighted by Crippen LogP contribution is -2.46. The van der Waals surface area contributed by atoms with Gasteiger partial charge in [-0.15, -0.1) is 0 Å². The van der Waals surface area contributed by atoms with Gasteiger partial charge in [-0.25, -0.2) is 0 Å². The molecule has 0 fully saturated rings. The van der Waals surface area contributed by atoms with Crippen LogP contribution in [-0.4, -0.2) is 23.6 Å². The van der Waals surface area contributed by atoms with Crippen molar-refractivity contribution in [1.82, 2.24) is 10.6 Å². The van der Waals surface area contributed by atoms with Gasteiger partial charge in [0.1, 0.15) is 6.04 Å². The van der Waals surface area contributed by atoms with E-state index in [9.17, 15) is 4.79 Å². The first-order chi connectivity index (χ1) is 8.95. The zero-order chi connectivity index (χ0) is 14.4. The van der Waals surface area contributed by atoms with Crippen molar-refractivity contribution >= 4 is 40.5 Å². The highest BCUT2D eigenvalue weighted by Crippen LogP contribution is 2.22. The molecule has 4 nitrogen and oxygen atoms in total. The Kier molecular flexibility index (Phi) is 6.05. The molecule has 3 N–H and O–H groups in total. The van der Waals surface area contributed by atoms with Gasteiger partial charge < -0.3 is 16.0 Å². The largest absolute Gasteiger partial charge is 0.355 e. The van der Waals surface area contributed by atoms with Crippen molar-refractivity contribution in [2.24, 2.45) is 0 Å². The van der Waals surface area contributed by atoms with Gasteiger partial charge in [0.2, 0.25) is 5.91 Å². The summed E-state index contributed by atoms with van der Waals surface area (Å²) in [6, 6.07) is 5.15.